The van der Waals surface area contributed by atoms with Gasteiger partial charge < -0.3 is 10.1 Å². The molecule has 0 bridgehead atoms. The normalized spacial score (nSPS) is 10.4. The quantitative estimate of drug-likeness (QED) is 0.817. The van der Waals surface area contributed by atoms with E-state index in [9.17, 15) is 4.39 Å². The van der Waals surface area contributed by atoms with Crippen LogP contribution >= 0.6 is 15.9 Å². The van der Waals surface area contributed by atoms with E-state index >= 15 is 0 Å². The first-order valence-corrected chi connectivity index (χ1v) is 6.87. The van der Waals surface area contributed by atoms with E-state index in [0.717, 1.165) is 15.8 Å². The molecule has 2 aromatic rings. The Kier molecular flexibility index (Phi) is 5.36. The van der Waals surface area contributed by atoms with Gasteiger partial charge >= 0.3 is 0 Å². The summed E-state index contributed by atoms with van der Waals surface area (Å²) in [6, 6.07) is 14.3. The molecule has 0 heterocycles. The molecule has 2 nitrogen and oxygen atoms in total. The molecule has 0 radical (unpaired) electrons. The molecule has 2 aromatic carbocycles. The van der Waals surface area contributed by atoms with Crippen molar-refractivity contribution in [2.24, 2.45) is 0 Å². The summed E-state index contributed by atoms with van der Waals surface area (Å²) in [6.45, 7) is 1.92. The molecule has 0 aliphatic rings. The van der Waals surface area contributed by atoms with E-state index in [4.69, 9.17) is 4.74 Å². The van der Waals surface area contributed by atoms with Crippen LogP contribution in [0.4, 0.5) is 4.39 Å². The van der Waals surface area contributed by atoms with Gasteiger partial charge in [-0.25, -0.2) is 4.39 Å². The van der Waals surface area contributed by atoms with Crippen LogP contribution in [0.3, 0.4) is 0 Å². The predicted octanol–water partition coefficient (Wildman–Crippen LogP) is 3.76. The van der Waals surface area contributed by atoms with Crippen LogP contribution in [-0.2, 0) is 6.54 Å². The van der Waals surface area contributed by atoms with Gasteiger partial charge in [0.1, 0.15) is 18.2 Å². The molecule has 0 aliphatic heterocycles. The van der Waals surface area contributed by atoms with Gasteiger partial charge in [0.05, 0.1) is 0 Å². The lowest BCUT2D eigenvalue weighted by Crippen LogP contribution is -2.20. The van der Waals surface area contributed by atoms with Crippen LogP contribution in [0.25, 0.3) is 0 Å². The van der Waals surface area contributed by atoms with Gasteiger partial charge in [-0.3, -0.25) is 0 Å². The Morgan fingerprint density at radius 3 is 2.74 bits per heavy atom. The maximum atomic E-state index is 12.9. The predicted molar refractivity (Wildman–Crippen MR) is 77.7 cm³/mol. The van der Waals surface area contributed by atoms with Crippen molar-refractivity contribution >= 4 is 15.9 Å². The first kappa shape index (κ1) is 14.0. The van der Waals surface area contributed by atoms with Crippen molar-refractivity contribution in [2.75, 3.05) is 13.2 Å². The molecule has 0 saturated heterocycles. The molecule has 0 fully saturated rings. The van der Waals surface area contributed by atoms with Gasteiger partial charge in [-0.15, -0.1) is 0 Å². The number of rotatable bonds is 6. The minimum Gasteiger partial charge on any atom is -0.492 e. The summed E-state index contributed by atoms with van der Waals surface area (Å²) in [6.07, 6.45) is 0. The summed E-state index contributed by atoms with van der Waals surface area (Å²) in [7, 11) is 0. The van der Waals surface area contributed by atoms with Crippen molar-refractivity contribution < 1.29 is 9.13 Å². The number of hydrogen-bond donors (Lipinski definition) is 1. The van der Waals surface area contributed by atoms with E-state index in [1.807, 2.05) is 30.3 Å². The second-order valence-electron chi connectivity index (χ2n) is 4.11. The summed E-state index contributed by atoms with van der Waals surface area (Å²) in [5, 5.41) is 3.21. The average Bonchev–Trinajstić information content (AvgIpc) is 2.38. The van der Waals surface area contributed by atoms with E-state index in [2.05, 4.69) is 21.2 Å². The number of halogens is 2. The first-order valence-electron chi connectivity index (χ1n) is 6.07. The smallest absolute Gasteiger partial charge is 0.123 e. The van der Waals surface area contributed by atoms with E-state index in [1.165, 1.54) is 12.1 Å². The van der Waals surface area contributed by atoms with Crippen LogP contribution in [0.15, 0.2) is 53.0 Å². The van der Waals surface area contributed by atoms with Gasteiger partial charge in [-0.2, -0.15) is 0 Å². The average molecular weight is 324 g/mol. The molecule has 0 saturated carbocycles. The lowest BCUT2D eigenvalue weighted by molar-refractivity contribution is 0.313. The molecule has 2 rings (SSSR count). The van der Waals surface area contributed by atoms with Crippen LogP contribution < -0.4 is 10.1 Å². The third-order valence-corrected chi connectivity index (χ3v) is 3.06. The number of benzene rings is 2. The fourth-order valence-corrected chi connectivity index (χ4v) is 2.06. The Labute approximate surface area is 120 Å². The van der Waals surface area contributed by atoms with Gasteiger partial charge in [0.15, 0.2) is 0 Å². The summed E-state index contributed by atoms with van der Waals surface area (Å²) >= 11 is 3.39. The van der Waals surface area contributed by atoms with Crippen LogP contribution in [0.5, 0.6) is 5.75 Å². The zero-order valence-electron chi connectivity index (χ0n) is 10.4. The number of nitrogens with one attached hydrogen (secondary N) is 1. The van der Waals surface area contributed by atoms with E-state index in [1.54, 1.807) is 6.07 Å². The highest BCUT2D eigenvalue weighted by molar-refractivity contribution is 9.10. The molecule has 0 spiro atoms. The lowest BCUT2D eigenvalue weighted by atomic mass is 10.2. The topological polar surface area (TPSA) is 21.3 Å². The van der Waals surface area contributed by atoms with Crippen molar-refractivity contribution in [3.8, 4) is 5.75 Å². The molecular weight excluding hydrogens is 309 g/mol. The Bertz CT molecular complexity index is 486. The van der Waals surface area contributed by atoms with E-state index in [0.29, 0.717) is 19.7 Å². The molecule has 0 aromatic heterocycles. The van der Waals surface area contributed by atoms with Crippen LogP contribution in [-0.4, -0.2) is 13.2 Å². The Morgan fingerprint density at radius 1 is 1.11 bits per heavy atom. The van der Waals surface area contributed by atoms with Gasteiger partial charge in [0, 0.05) is 17.6 Å². The molecule has 19 heavy (non-hydrogen) atoms. The summed E-state index contributed by atoms with van der Waals surface area (Å²) in [5.41, 5.74) is 0.933. The maximum absolute atomic E-state index is 12.9. The van der Waals surface area contributed by atoms with Crippen LogP contribution in [0.2, 0.25) is 0 Å². The van der Waals surface area contributed by atoms with Gasteiger partial charge in [-0.1, -0.05) is 34.1 Å². The Morgan fingerprint density at radius 2 is 1.95 bits per heavy atom. The van der Waals surface area contributed by atoms with Crippen LogP contribution in [0.1, 0.15) is 5.56 Å². The minimum atomic E-state index is -0.204. The van der Waals surface area contributed by atoms with Crippen molar-refractivity contribution in [1.82, 2.24) is 5.32 Å². The zero-order valence-corrected chi connectivity index (χ0v) is 12.0. The van der Waals surface area contributed by atoms with Crippen LogP contribution in [0, 0.1) is 5.82 Å². The molecular formula is C15H15BrFNO. The second kappa shape index (κ2) is 7.26. The summed E-state index contributed by atoms with van der Waals surface area (Å²) < 4.78 is 19.5. The highest BCUT2D eigenvalue weighted by Gasteiger charge is 1.96. The van der Waals surface area contributed by atoms with Gasteiger partial charge in [0.25, 0.3) is 0 Å². The molecule has 1 N–H and O–H groups in total. The molecule has 4 heteroatoms. The first-order chi connectivity index (χ1) is 9.24. The fraction of sp³-hybridized carbons (Fsp3) is 0.200. The highest BCUT2D eigenvalue weighted by Crippen LogP contribution is 2.17. The number of ether oxygens (including phenoxy) is 1. The largest absolute Gasteiger partial charge is 0.492 e. The molecule has 0 atom stereocenters. The van der Waals surface area contributed by atoms with Crippen molar-refractivity contribution in [3.05, 3.63) is 64.4 Å². The monoisotopic (exact) mass is 323 g/mol. The molecule has 100 valence electrons. The zero-order chi connectivity index (χ0) is 13.5. The van der Waals surface area contributed by atoms with Gasteiger partial charge in [0.2, 0.25) is 0 Å². The van der Waals surface area contributed by atoms with E-state index < -0.39 is 0 Å². The Balaban J connectivity index is 1.67. The SMILES string of the molecule is Fc1cccc(CNCCOc2cccc(Br)c2)c1. The minimum absolute atomic E-state index is 0.204. The summed E-state index contributed by atoms with van der Waals surface area (Å²) in [5.74, 6) is 0.631. The molecule has 0 aliphatic carbocycles. The fourth-order valence-electron chi connectivity index (χ4n) is 1.68. The Hall–Kier alpha value is -1.39. The summed E-state index contributed by atoms with van der Waals surface area (Å²) in [4.78, 5) is 0. The van der Waals surface area contributed by atoms with Gasteiger partial charge in [-0.05, 0) is 35.9 Å². The third kappa shape index (κ3) is 5.01. The lowest BCUT2D eigenvalue weighted by Gasteiger charge is -2.08. The van der Waals surface area contributed by atoms with E-state index in [-0.39, 0.29) is 5.82 Å². The third-order valence-electron chi connectivity index (χ3n) is 2.56. The van der Waals surface area contributed by atoms with Crippen molar-refractivity contribution in [3.63, 3.8) is 0 Å². The maximum Gasteiger partial charge on any atom is 0.123 e. The molecule has 0 amide bonds. The second-order valence-corrected chi connectivity index (χ2v) is 5.03. The molecule has 0 unspecified atom stereocenters. The highest BCUT2D eigenvalue weighted by atomic mass is 79.9. The van der Waals surface area contributed by atoms with Crippen molar-refractivity contribution in [2.45, 2.75) is 6.54 Å². The van der Waals surface area contributed by atoms with Crippen molar-refractivity contribution in [1.29, 1.82) is 0 Å². The standard InChI is InChI=1S/C15H15BrFNO/c16-13-4-2-6-15(10-13)19-8-7-18-11-12-3-1-5-14(17)9-12/h1-6,9-10,18H,7-8,11H2. The number of hydrogen-bond acceptors (Lipinski definition) is 2.